The molecule has 0 spiro atoms. The van der Waals surface area contributed by atoms with Crippen LogP contribution in [0.1, 0.15) is 16.2 Å². The Kier molecular flexibility index (Phi) is 6.56. The van der Waals surface area contributed by atoms with Crippen LogP contribution in [0.5, 0.6) is 17.2 Å². The number of aromatic amines is 1. The second kappa shape index (κ2) is 8.67. The van der Waals surface area contributed by atoms with Crippen LogP contribution in [0.2, 0.25) is 0 Å². The number of nitrogens with two attached hydrogens (primary N) is 1. The molecule has 1 heterocycles. The van der Waals surface area contributed by atoms with E-state index in [0.717, 1.165) is 0 Å². The number of benzene rings is 1. The summed E-state index contributed by atoms with van der Waals surface area (Å²) in [5.41, 5.74) is 7.51. The lowest BCUT2D eigenvalue weighted by Gasteiger charge is -2.16. The molecule has 0 unspecified atom stereocenters. The molecule has 0 fully saturated rings. The lowest BCUT2D eigenvalue weighted by Crippen LogP contribution is -2.29. The molecule has 10 heteroatoms. The number of hydrogen-bond donors (Lipinski definition) is 4. The zero-order valence-electron chi connectivity index (χ0n) is 15.4. The fraction of sp³-hybridized carbons (Fsp3) is 0.294. The molecule has 0 saturated heterocycles. The van der Waals surface area contributed by atoms with Gasteiger partial charge in [-0.1, -0.05) is 0 Å². The van der Waals surface area contributed by atoms with Crippen molar-refractivity contribution in [2.24, 2.45) is 5.73 Å². The van der Waals surface area contributed by atoms with E-state index in [0.29, 0.717) is 38.5 Å². The highest BCUT2D eigenvalue weighted by Crippen LogP contribution is 2.47. The summed E-state index contributed by atoms with van der Waals surface area (Å²) in [5, 5.41) is 10.1. The summed E-state index contributed by atoms with van der Waals surface area (Å²) in [6.45, 7) is 0.178. The van der Waals surface area contributed by atoms with Gasteiger partial charge in [0, 0.05) is 16.8 Å². The molecule has 2 aromatic rings. The van der Waals surface area contributed by atoms with Crippen molar-refractivity contribution in [3.63, 3.8) is 0 Å². The van der Waals surface area contributed by atoms with Crippen molar-refractivity contribution in [1.82, 2.24) is 10.3 Å². The van der Waals surface area contributed by atoms with E-state index in [1.54, 1.807) is 12.1 Å². The van der Waals surface area contributed by atoms with Crippen molar-refractivity contribution in [3.05, 3.63) is 28.0 Å². The lowest BCUT2D eigenvalue weighted by molar-refractivity contribution is 0.0593. The third-order valence-electron chi connectivity index (χ3n) is 3.84. The molecule has 0 aliphatic rings. The van der Waals surface area contributed by atoms with Crippen LogP contribution in [-0.4, -0.2) is 45.4 Å². The van der Waals surface area contributed by atoms with Gasteiger partial charge in [-0.2, -0.15) is 0 Å². The number of esters is 1. The van der Waals surface area contributed by atoms with Gasteiger partial charge in [0.2, 0.25) is 5.75 Å². The number of ether oxygens (including phenoxy) is 4. The topological polar surface area (TPSA) is 132 Å². The van der Waals surface area contributed by atoms with Gasteiger partial charge in [-0.15, -0.1) is 0 Å². The maximum absolute atomic E-state index is 12.1. The van der Waals surface area contributed by atoms with E-state index in [-0.39, 0.29) is 18.2 Å². The molecular weight excluding hydrogens is 420 g/mol. The monoisotopic (exact) mass is 440 g/mol. The van der Waals surface area contributed by atoms with Crippen LogP contribution in [0.4, 0.5) is 0 Å². The summed E-state index contributed by atoms with van der Waals surface area (Å²) < 4.78 is 21.6. The van der Waals surface area contributed by atoms with Gasteiger partial charge in [-0.05, 0) is 28.1 Å². The van der Waals surface area contributed by atoms with Crippen molar-refractivity contribution < 1.29 is 23.7 Å². The van der Waals surface area contributed by atoms with Crippen molar-refractivity contribution in [3.8, 4) is 28.4 Å². The zero-order valence-corrected chi connectivity index (χ0v) is 16.9. The van der Waals surface area contributed by atoms with Crippen LogP contribution in [0.25, 0.3) is 11.1 Å². The Morgan fingerprint density at radius 2 is 1.85 bits per heavy atom. The summed E-state index contributed by atoms with van der Waals surface area (Å²) in [7, 11) is 5.84. The first-order valence-corrected chi connectivity index (χ1v) is 8.54. The quantitative estimate of drug-likeness (QED) is 0.294. The molecule has 0 radical (unpaired) electrons. The number of hydrogen-bond acceptors (Lipinski definition) is 6. The third kappa shape index (κ3) is 3.95. The minimum atomic E-state index is -0.545. The number of methoxy groups -OCH3 is 4. The molecule has 1 aromatic carbocycles. The molecule has 27 heavy (non-hydrogen) atoms. The lowest BCUT2D eigenvalue weighted by atomic mass is 10.0. The molecule has 9 nitrogen and oxygen atoms in total. The number of halogens is 1. The molecule has 0 aliphatic carbocycles. The Labute approximate surface area is 164 Å². The molecule has 0 amide bonds. The van der Waals surface area contributed by atoms with Crippen LogP contribution in [0, 0.1) is 5.41 Å². The number of H-pyrrole nitrogens is 1. The van der Waals surface area contributed by atoms with Gasteiger partial charge < -0.3 is 35.0 Å². The molecule has 2 rings (SSSR count). The summed E-state index contributed by atoms with van der Waals surface area (Å²) >= 11 is 3.46. The average molecular weight is 441 g/mol. The Balaban J connectivity index is 2.74. The van der Waals surface area contributed by atoms with Crippen LogP contribution in [-0.2, 0) is 11.3 Å². The Morgan fingerprint density at radius 3 is 2.37 bits per heavy atom. The Bertz CT molecular complexity index is 865. The van der Waals surface area contributed by atoms with Crippen LogP contribution >= 0.6 is 15.9 Å². The molecule has 0 saturated carbocycles. The van der Waals surface area contributed by atoms with Crippen molar-refractivity contribution in [2.75, 3.05) is 28.4 Å². The molecule has 1 aromatic heterocycles. The predicted octanol–water partition coefficient (Wildman–Crippen LogP) is 2.24. The van der Waals surface area contributed by atoms with E-state index in [1.807, 2.05) is 0 Å². The predicted molar refractivity (Wildman–Crippen MR) is 104 cm³/mol. The number of guanidine groups is 1. The third-order valence-corrected chi connectivity index (χ3v) is 4.63. The fourth-order valence-electron chi connectivity index (χ4n) is 2.66. The minimum absolute atomic E-state index is 0.178. The van der Waals surface area contributed by atoms with Crippen molar-refractivity contribution in [1.29, 1.82) is 5.41 Å². The average Bonchev–Trinajstić information content (AvgIpc) is 3.00. The maximum atomic E-state index is 12.1. The van der Waals surface area contributed by atoms with Crippen LogP contribution in [0.3, 0.4) is 0 Å². The first-order chi connectivity index (χ1) is 12.9. The number of rotatable bonds is 7. The van der Waals surface area contributed by atoms with E-state index in [1.165, 1.54) is 28.4 Å². The first kappa shape index (κ1) is 20.4. The van der Waals surface area contributed by atoms with Gasteiger partial charge in [-0.3, -0.25) is 5.41 Å². The van der Waals surface area contributed by atoms with E-state index >= 15 is 0 Å². The standard InChI is InChI=1S/C17H21BrN4O5/c1-24-10-6-5-8(14(25-2)15(10)26-3)11-9(7-21-17(19)20)22-13(12(11)18)16(23)27-4/h5-6,22H,7H2,1-4H3,(H4,19,20,21). The molecule has 0 atom stereocenters. The second-order valence-corrected chi connectivity index (χ2v) is 6.10. The van der Waals surface area contributed by atoms with Gasteiger partial charge in [0.15, 0.2) is 17.5 Å². The molecule has 0 bridgehead atoms. The SMILES string of the molecule is COC(=O)c1[nH]c(CNC(=N)N)c(-c2ccc(OC)c(OC)c2OC)c1Br. The fourth-order valence-corrected chi connectivity index (χ4v) is 3.38. The molecule has 5 N–H and O–H groups in total. The van der Waals surface area contributed by atoms with Gasteiger partial charge >= 0.3 is 5.97 Å². The van der Waals surface area contributed by atoms with E-state index in [9.17, 15) is 4.79 Å². The minimum Gasteiger partial charge on any atom is -0.493 e. The van der Waals surface area contributed by atoms with E-state index in [2.05, 4.69) is 26.2 Å². The number of nitrogens with one attached hydrogen (secondary N) is 3. The molecule has 146 valence electrons. The second-order valence-electron chi connectivity index (χ2n) is 5.31. The first-order valence-electron chi connectivity index (χ1n) is 7.75. The Morgan fingerprint density at radius 1 is 1.19 bits per heavy atom. The van der Waals surface area contributed by atoms with E-state index < -0.39 is 5.97 Å². The van der Waals surface area contributed by atoms with Crippen molar-refractivity contribution >= 4 is 27.9 Å². The van der Waals surface area contributed by atoms with Gasteiger partial charge in [0.25, 0.3) is 0 Å². The van der Waals surface area contributed by atoms with Gasteiger partial charge in [0.05, 0.1) is 39.5 Å². The summed E-state index contributed by atoms with van der Waals surface area (Å²) in [6.07, 6.45) is 0. The normalized spacial score (nSPS) is 10.3. The number of carbonyl (C=O) groups is 1. The highest BCUT2D eigenvalue weighted by atomic mass is 79.9. The maximum Gasteiger partial charge on any atom is 0.355 e. The van der Waals surface area contributed by atoms with Crippen LogP contribution in [0.15, 0.2) is 16.6 Å². The van der Waals surface area contributed by atoms with Crippen molar-refractivity contribution in [2.45, 2.75) is 6.54 Å². The summed E-state index contributed by atoms with van der Waals surface area (Å²) in [5.74, 6) is 0.594. The largest absolute Gasteiger partial charge is 0.493 e. The number of carbonyl (C=O) groups excluding carboxylic acids is 1. The van der Waals surface area contributed by atoms with E-state index in [4.69, 9.17) is 30.1 Å². The summed E-state index contributed by atoms with van der Waals surface area (Å²) in [6, 6.07) is 3.52. The number of aromatic nitrogens is 1. The highest BCUT2D eigenvalue weighted by Gasteiger charge is 2.26. The Hall–Kier alpha value is -2.88. The summed E-state index contributed by atoms with van der Waals surface area (Å²) in [4.78, 5) is 15.1. The molecule has 0 aliphatic heterocycles. The van der Waals surface area contributed by atoms with Crippen LogP contribution < -0.4 is 25.3 Å². The van der Waals surface area contributed by atoms with Gasteiger partial charge in [-0.25, -0.2) is 4.79 Å². The zero-order chi connectivity index (χ0) is 20.1. The smallest absolute Gasteiger partial charge is 0.355 e. The molecular formula is C17H21BrN4O5. The highest BCUT2D eigenvalue weighted by molar-refractivity contribution is 9.10. The van der Waals surface area contributed by atoms with Gasteiger partial charge in [0.1, 0.15) is 5.69 Å².